The first-order valence-corrected chi connectivity index (χ1v) is 5.38. The third-order valence-electron chi connectivity index (χ3n) is 2.63. The van der Waals surface area contributed by atoms with Crippen molar-refractivity contribution in [3.8, 4) is 17.1 Å². The number of nitrogens with two attached hydrogens (primary N) is 1. The van der Waals surface area contributed by atoms with Crippen LogP contribution in [0.4, 0.5) is 5.82 Å². The predicted octanol–water partition coefficient (Wildman–Crippen LogP) is 1.61. The number of imidazole rings is 1. The van der Waals surface area contributed by atoms with E-state index in [0.29, 0.717) is 23.0 Å². The van der Waals surface area contributed by atoms with E-state index in [4.69, 9.17) is 10.5 Å². The molecule has 3 N–H and O–H groups in total. The van der Waals surface area contributed by atoms with Gasteiger partial charge in [0.2, 0.25) is 0 Å². The number of nitrogens with zero attached hydrogens (tertiary/aromatic N) is 3. The van der Waals surface area contributed by atoms with E-state index in [1.165, 1.54) is 0 Å². The molecule has 0 saturated carbocycles. The molecule has 0 aliphatic rings. The number of pyridine rings is 2. The van der Waals surface area contributed by atoms with Gasteiger partial charge in [0.05, 0.1) is 24.4 Å². The summed E-state index contributed by atoms with van der Waals surface area (Å²) in [5.74, 6) is 1.79. The highest BCUT2D eigenvalue weighted by molar-refractivity contribution is 5.78. The van der Waals surface area contributed by atoms with E-state index in [9.17, 15) is 0 Å². The van der Waals surface area contributed by atoms with Gasteiger partial charge in [0, 0.05) is 6.20 Å². The molecule has 90 valence electrons. The molecule has 0 aromatic carbocycles. The smallest absolute Gasteiger partial charge is 0.180 e. The van der Waals surface area contributed by atoms with Gasteiger partial charge in [-0.3, -0.25) is 4.98 Å². The lowest BCUT2D eigenvalue weighted by Gasteiger charge is -2.03. The second-order valence-electron chi connectivity index (χ2n) is 3.77. The van der Waals surface area contributed by atoms with Crippen molar-refractivity contribution in [3.63, 3.8) is 0 Å². The summed E-state index contributed by atoms with van der Waals surface area (Å²) in [6, 6.07) is 5.41. The molecular weight excluding hydrogens is 230 g/mol. The summed E-state index contributed by atoms with van der Waals surface area (Å²) in [5.41, 5.74) is 7.88. The van der Waals surface area contributed by atoms with Crippen LogP contribution in [-0.4, -0.2) is 27.0 Å². The van der Waals surface area contributed by atoms with Crippen LogP contribution in [0.5, 0.6) is 5.75 Å². The first kappa shape index (κ1) is 10.5. The molecule has 3 aromatic rings. The standard InChI is InChI=1S/C12H11N5O/c1-18-9-6-14-5-4-7(9)11-15-8-2-3-10(13)16-12(8)17-11/h2-6H,1H3,(H3,13,15,16,17). The van der Waals surface area contributed by atoms with Gasteiger partial charge in [-0.05, 0) is 18.2 Å². The monoisotopic (exact) mass is 241 g/mol. The molecule has 0 aliphatic carbocycles. The van der Waals surface area contributed by atoms with Crippen LogP contribution in [0.1, 0.15) is 0 Å². The van der Waals surface area contributed by atoms with Crippen LogP contribution in [0, 0.1) is 0 Å². The summed E-state index contributed by atoms with van der Waals surface area (Å²) in [7, 11) is 1.60. The number of hydrogen-bond donors (Lipinski definition) is 2. The topological polar surface area (TPSA) is 89.7 Å². The number of rotatable bonds is 2. The zero-order chi connectivity index (χ0) is 12.5. The maximum absolute atomic E-state index is 5.63. The molecule has 6 nitrogen and oxygen atoms in total. The van der Waals surface area contributed by atoms with Crippen molar-refractivity contribution < 1.29 is 4.74 Å². The Morgan fingerprint density at radius 2 is 2.11 bits per heavy atom. The zero-order valence-corrected chi connectivity index (χ0v) is 9.71. The summed E-state index contributed by atoms with van der Waals surface area (Å²) in [6.07, 6.45) is 3.33. The number of H-pyrrole nitrogens is 1. The van der Waals surface area contributed by atoms with Gasteiger partial charge in [-0.2, -0.15) is 0 Å². The van der Waals surface area contributed by atoms with E-state index in [0.717, 1.165) is 11.1 Å². The summed E-state index contributed by atoms with van der Waals surface area (Å²) < 4.78 is 5.25. The molecule has 18 heavy (non-hydrogen) atoms. The van der Waals surface area contributed by atoms with Crippen LogP contribution < -0.4 is 10.5 Å². The molecule has 0 aliphatic heterocycles. The number of hydrogen-bond acceptors (Lipinski definition) is 5. The highest BCUT2D eigenvalue weighted by Crippen LogP contribution is 2.27. The zero-order valence-electron chi connectivity index (χ0n) is 9.71. The lowest BCUT2D eigenvalue weighted by atomic mass is 10.2. The Morgan fingerprint density at radius 1 is 1.22 bits per heavy atom. The number of aromatic nitrogens is 4. The molecule has 3 heterocycles. The van der Waals surface area contributed by atoms with Crippen LogP contribution in [0.3, 0.4) is 0 Å². The van der Waals surface area contributed by atoms with Crippen molar-refractivity contribution in [1.29, 1.82) is 0 Å². The van der Waals surface area contributed by atoms with Crippen molar-refractivity contribution in [1.82, 2.24) is 19.9 Å². The Balaban J connectivity index is 2.19. The van der Waals surface area contributed by atoms with E-state index in [1.807, 2.05) is 12.1 Å². The highest BCUT2D eigenvalue weighted by atomic mass is 16.5. The molecule has 3 rings (SSSR count). The van der Waals surface area contributed by atoms with Crippen LogP contribution in [0.15, 0.2) is 30.6 Å². The first-order chi connectivity index (χ1) is 8.78. The van der Waals surface area contributed by atoms with Gasteiger partial charge in [-0.25, -0.2) is 9.97 Å². The molecule has 0 radical (unpaired) electrons. The Hall–Kier alpha value is -2.63. The van der Waals surface area contributed by atoms with E-state index in [1.54, 1.807) is 25.6 Å². The number of anilines is 1. The van der Waals surface area contributed by atoms with Crippen LogP contribution >= 0.6 is 0 Å². The lowest BCUT2D eigenvalue weighted by molar-refractivity contribution is 0.414. The van der Waals surface area contributed by atoms with Crippen LogP contribution in [-0.2, 0) is 0 Å². The number of aromatic amines is 1. The fourth-order valence-corrected chi connectivity index (χ4v) is 1.77. The van der Waals surface area contributed by atoms with Gasteiger partial charge in [-0.15, -0.1) is 0 Å². The molecule has 0 bridgehead atoms. The molecule has 0 spiro atoms. The van der Waals surface area contributed by atoms with Crippen molar-refractivity contribution in [2.45, 2.75) is 0 Å². The average Bonchev–Trinajstić information content (AvgIpc) is 2.81. The Bertz CT molecular complexity index is 707. The molecule has 0 unspecified atom stereocenters. The summed E-state index contributed by atoms with van der Waals surface area (Å²) in [6.45, 7) is 0. The first-order valence-electron chi connectivity index (χ1n) is 5.38. The molecular formula is C12H11N5O. The fourth-order valence-electron chi connectivity index (χ4n) is 1.77. The summed E-state index contributed by atoms with van der Waals surface area (Å²) >= 11 is 0. The lowest BCUT2D eigenvalue weighted by Crippen LogP contribution is -1.90. The van der Waals surface area contributed by atoms with E-state index in [-0.39, 0.29) is 0 Å². The quantitative estimate of drug-likeness (QED) is 0.711. The number of nitrogens with one attached hydrogen (secondary N) is 1. The van der Waals surface area contributed by atoms with Gasteiger partial charge in [-0.1, -0.05) is 0 Å². The Labute approximate surface area is 103 Å². The minimum atomic E-state index is 0.447. The third-order valence-corrected chi connectivity index (χ3v) is 2.63. The Morgan fingerprint density at radius 3 is 2.94 bits per heavy atom. The summed E-state index contributed by atoms with van der Waals surface area (Å²) in [5, 5.41) is 0. The average molecular weight is 241 g/mol. The number of nitrogen functional groups attached to an aromatic ring is 1. The molecule has 0 fully saturated rings. The van der Waals surface area contributed by atoms with Crippen molar-refractivity contribution in [2.75, 3.05) is 12.8 Å². The maximum atomic E-state index is 5.63. The normalized spacial score (nSPS) is 10.7. The molecule has 3 aromatic heterocycles. The van der Waals surface area contributed by atoms with E-state index < -0.39 is 0 Å². The van der Waals surface area contributed by atoms with Crippen molar-refractivity contribution in [3.05, 3.63) is 30.6 Å². The van der Waals surface area contributed by atoms with Gasteiger partial charge in [0.25, 0.3) is 0 Å². The highest BCUT2D eigenvalue weighted by Gasteiger charge is 2.11. The van der Waals surface area contributed by atoms with Gasteiger partial charge < -0.3 is 15.5 Å². The van der Waals surface area contributed by atoms with E-state index >= 15 is 0 Å². The van der Waals surface area contributed by atoms with Gasteiger partial charge in [0.15, 0.2) is 5.65 Å². The van der Waals surface area contributed by atoms with Crippen molar-refractivity contribution in [2.24, 2.45) is 0 Å². The van der Waals surface area contributed by atoms with Crippen molar-refractivity contribution >= 4 is 17.0 Å². The minimum absolute atomic E-state index is 0.447. The Kier molecular flexibility index (Phi) is 2.33. The van der Waals surface area contributed by atoms with Crippen LogP contribution in [0.25, 0.3) is 22.6 Å². The largest absolute Gasteiger partial charge is 0.494 e. The number of fused-ring (bicyclic) bond motifs is 1. The fraction of sp³-hybridized carbons (Fsp3) is 0.0833. The maximum Gasteiger partial charge on any atom is 0.180 e. The molecule has 6 heteroatoms. The molecule has 0 atom stereocenters. The number of ether oxygens (including phenoxy) is 1. The summed E-state index contributed by atoms with van der Waals surface area (Å²) in [4.78, 5) is 15.7. The second-order valence-corrected chi connectivity index (χ2v) is 3.77. The predicted molar refractivity (Wildman–Crippen MR) is 68.1 cm³/mol. The number of methoxy groups -OCH3 is 1. The SMILES string of the molecule is COc1cnccc1-c1nc2nc(N)ccc2[nH]1. The molecule has 0 saturated heterocycles. The third kappa shape index (κ3) is 1.64. The second kappa shape index (κ2) is 3.99. The van der Waals surface area contributed by atoms with E-state index in [2.05, 4.69) is 19.9 Å². The molecule has 0 amide bonds. The van der Waals surface area contributed by atoms with Gasteiger partial charge in [0.1, 0.15) is 17.4 Å². The minimum Gasteiger partial charge on any atom is -0.494 e. The van der Waals surface area contributed by atoms with Gasteiger partial charge >= 0.3 is 0 Å². The van der Waals surface area contributed by atoms with Crippen LogP contribution in [0.2, 0.25) is 0 Å².